The molecule has 2 heterocycles. The number of hydrogen-bond acceptors (Lipinski definition) is 5. The highest BCUT2D eigenvalue weighted by atomic mass is 16.5. The maximum atomic E-state index is 13.1. The molecule has 168 valence electrons. The number of piperidine rings is 1. The molecule has 2 aromatic carbocycles. The fourth-order valence-corrected chi connectivity index (χ4v) is 4.15. The Labute approximate surface area is 188 Å². The maximum Gasteiger partial charge on any atom is 0.279 e. The van der Waals surface area contributed by atoms with E-state index in [1.54, 1.807) is 49.6 Å². The lowest BCUT2D eigenvalue weighted by Gasteiger charge is -2.30. The van der Waals surface area contributed by atoms with Gasteiger partial charge in [0.05, 0.1) is 18.2 Å². The number of fused-ring (bicyclic) bond motifs is 1. The van der Waals surface area contributed by atoms with Crippen molar-refractivity contribution in [1.29, 1.82) is 0 Å². The van der Waals surface area contributed by atoms with E-state index in [4.69, 9.17) is 4.74 Å². The lowest BCUT2D eigenvalue weighted by Crippen LogP contribution is -2.36. The summed E-state index contributed by atoms with van der Waals surface area (Å²) in [4.78, 5) is 28.6. The molecule has 1 fully saturated rings. The molecule has 1 saturated heterocycles. The Kier molecular flexibility index (Phi) is 6.85. The number of hydrogen-bond donors (Lipinski definition) is 1. The summed E-state index contributed by atoms with van der Waals surface area (Å²) in [6, 6.07) is 14.2. The van der Waals surface area contributed by atoms with E-state index in [1.807, 2.05) is 6.07 Å². The summed E-state index contributed by atoms with van der Waals surface area (Å²) in [7, 11) is 1.57. The Morgan fingerprint density at radius 2 is 1.88 bits per heavy atom. The Morgan fingerprint density at radius 3 is 2.62 bits per heavy atom. The minimum Gasteiger partial charge on any atom is -0.497 e. The number of aromatic nitrogens is 2. The molecule has 0 radical (unpaired) electrons. The molecule has 1 aliphatic rings. The predicted molar refractivity (Wildman–Crippen MR) is 126 cm³/mol. The number of nitrogens with zero attached hydrogens (tertiary/aromatic N) is 3. The lowest BCUT2D eigenvalue weighted by molar-refractivity contribution is 0.0946. The monoisotopic (exact) mass is 434 g/mol. The van der Waals surface area contributed by atoms with Crippen LogP contribution in [0, 0.1) is 5.92 Å². The zero-order valence-electron chi connectivity index (χ0n) is 18.7. The average molecular weight is 435 g/mol. The first kappa shape index (κ1) is 22.0. The van der Waals surface area contributed by atoms with Crippen molar-refractivity contribution in [3.63, 3.8) is 0 Å². The summed E-state index contributed by atoms with van der Waals surface area (Å²) in [5.41, 5.74) is 0.521. The van der Waals surface area contributed by atoms with Crippen molar-refractivity contribution < 1.29 is 9.53 Å². The van der Waals surface area contributed by atoms with Crippen LogP contribution < -0.4 is 15.6 Å². The number of carbonyl (C=O) groups is 1. The first-order valence-electron chi connectivity index (χ1n) is 11.2. The van der Waals surface area contributed by atoms with Crippen LogP contribution in [0.3, 0.4) is 0 Å². The van der Waals surface area contributed by atoms with Gasteiger partial charge in [-0.1, -0.05) is 31.2 Å². The van der Waals surface area contributed by atoms with E-state index in [2.05, 4.69) is 22.2 Å². The van der Waals surface area contributed by atoms with Crippen molar-refractivity contribution in [1.82, 2.24) is 20.0 Å². The third-order valence-corrected chi connectivity index (χ3v) is 6.13. The molecule has 0 unspecified atom stereocenters. The number of benzene rings is 2. The molecule has 32 heavy (non-hydrogen) atoms. The fraction of sp³-hybridized carbons (Fsp3) is 0.400. The molecule has 3 aromatic rings. The number of likely N-dealkylation sites (tertiary alicyclic amines) is 1. The predicted octanol–water partition coefficient (Wildman–Crippen LogP) is 3.25. The van der Waals surface area contributed by atoms with Gasteiger partial charge in [-0.2, -0.15) is 9.78 Å². The van der Waals surface area contributed by atoms with Crippen molar-refractivity contribution in [3.8, 4) is 11.4 Å². The first-order valence-corrected chi connectivity index (χ1v) is 11.2. The highest BCUT2D eigenvalue weighted by Gasteiger charge is 2.18. The first-order chi connectivity index (χ1) is 15.6. The molecule has 1 aromatic heterocycles. The molecule has 0 atom stereocenters. The SMILES string of the molecule is COc1cccc(-n2nc(C(=O)NCCCN3CCC(C)CC3)c3ccccc3c2=O)c1. The fourth-order valence-electron chi connectivity index (χ4n) is 4.15. The molecule has 0 aliphatic carbocycles. The van der Waals surface area contributed by atoms with E-state index < -0.39 is 0 Å². The molecule has 7 nitrogen and oxygen atoms in total. The summed E-state index contributed by atoms with van der Waals surface area (Å²) in [5, 5.41) is 8.45. The average Bonchev–Trinajstić information content (AvgIpc) is 2.83. The molecule has 1 N–H and O–H groups in total. The van der Waals surface area contributed by atoms with Crippen LogP contribution in [-0.4, -0.2) is 53.9 Å². The highest BCUT2D eigenvalue weighted by molar-refractivity contribution is 6.04. The van der Waals surface area contributed by atoms with Crippen molar-refractivity contribution in [3.05, 3.63) is 64.6 Å². The van der Waals surface area contributed by atoms with Crippen LogP contribution in [0.2, 0.25) is 0 Å². The summed E-state index contributed by atoms with van der Waals surface area (Å²) < 4.78 is 6.55. The second-order valence-electron chi connectivity index (χ2n) is 8.45. The third kappa shape index (κ3) is 4.83. The van der Waals surface area contributed by atoms with E-state index in [0.717, 1.165) is 32.0 Å². The van der Waals surface area contributed by atoms with Gasteiger partial charge in [-0.3, -0.25) is 9.59 Å². The van der Waals surface area contributed by atoms with Crippen LogP contribution in [0.4, 0.5) is 0 Å². The molecule has 1 aliphatic heterocycles. The molecular weight excluding hydrogens is 404 g/mol. The van der Waals surface area contributed by atoms with Crippen LogP contribution in [-0.2, 0) is 0 Å². The smallest absolute Gasteiger partial charge is 0.279 e. The zero-order chi connectivity index (χ0) is 22.5. The van der Waals surface area contributed by atoms with E-state index in [1.165, 1.54) is 17.5 Å². The van der Waals surface area contributed by atoms with Crippen LogP contribution in [0.15, 0.2) is 53.3 Å². The largest absolute Gasteiger partial charge is 0.497 e. The normalized spacial score (nSPS) is 15.1. The lowest BCUT2D eigenvalue weighted by atomic mass is 9.99. The number of carbonyl (C=O) groups excluding carboxylic acids is 1. The van der Waals surface area contributed by atoms with Crippen LogP contribution >= 0.6 is 0 Å². The second kappa shape index (κ2) is 9.96. The molecule has 7 heteroatoms. The van der Waals surface area contributed by atoms with Gasteiger partial charge in [0.2, 0.25) is 0 Å². The van der Waals surface area contributed by atoms with Gasteiger partial charge in [0, 0.05) is 18.0 Å². The topological polar surface area (TPSA) is 76.5 Å². The van der Waals surface area contributed by atoms with Gasteiger partial charge in [-0.25, -0.2) is 0 Å². The highest BCUT2D eigenvalue weighted by Crippen LogP contribution is 2.18. The quantitative estimate of drug-likeness (QED) is 0.578. The summed E-state index contributed by atoms with van der Waals surface area (Å²) >= 11 is 0. The number of nitrogens with one attached hydrogen (secondary N) is 1. The van der Waals surface area contributed by atoms with Gasteiger partial charge in [-0.05, 0) is 63.0 Å². The number of ether oxygens (including phenoxy) is 1. The number of amides is 1. The Morgan fingerprint density at radius 1 is 1.12 bits per heavy atom. The van der Waals surface area contributed by atoms with Crippen molar-refractivity contribution in [2.75, 3.05) is 33.3 Å². The van der Waals surface area contributed by atoms with Gasteiger partial charge in [0.1, 0.15) is 5.75 Å². The summed E-state index contributed by atoms with van der Waals surface area (Å²) in [6.07, 6.45) is 3.37. The second-order valence-corrected chi connectivity index (χ2v) is 8.45. The van der Waals surface area contributed by atoms with Crippen LogP contribution in [0.5, 0.6) is 5.75 Å². The number of methoxy groups -OCH3 is 1. The molecule has 0 bridgehead atoms. The minimum atomic E-state index is -0.273. The van der Waals surface area contributed by atoms with Gasteiger partial charge in [0.15, 0.2) is 5.69 Å². The Hall–Kier alpha value is -3.19. The van der Waals surface area contributed by atoms with E-state index in [0.29, 0.717) is 28.8 Å². The van der Waals surface area contributed by atoms with Crippen molar-refractivity contribution >= 4 is 16.7 Å². The van der Waals surface area contributed by atoms with E-state index in [-0.39, 0.29) is 17.2 Å². The van der Waals surface area contributed by atoms with E-state index in [9.17, 15) is 9.59 Å². The Balaban J connectivity index is 1.54. The molecule has 0 saturated carbocycles. The van der Waals surface area contributed by atoms with Crippen LogP contribution in [0.1, 0.15) is 36.7 Å². The van der Waals surface area contributed by atoms with Crippen LogP contribution in [0.25, 0.3) is 16.5 Å². The van der Waals surface area contributed by atoms with Crippen molar-refractivity contribution in [2.24, 2.45) is 5.92 Å². The third-order valence-electron chi connectivity index (χ3n) is 6.13. The van der Waals surface area contributed by atoms with Gasteiger partial charge >= 0.3 is 0 Å². The van der Waals surface area contributed by atoms with E-state index >= 15 is 0 Å². The molecule has 4 rings (SSSR count). The minimum absolute atomic E-state index is 0.245. The van der Waals surface area contributed by atoms with Gasteiger partial charge < -0.3 is 15.0 Å². The molecule has 1 amide bonds. The summed E-state index contributed by atoms with van der Waals surface area (Å²) in [5.74, 6) is 1.15. The summed E-state index contributed by atoms with van der Waals surface area (Å²) in [6.45, 7) is 6.11. The standard InChI is InChI=1S/C25H30N4O3/c1-18-11-15-28(16-12-18)14-6-13-26-24(30)23-21-9-3-4-10-22(21)25(31)29(27-23)19-7-5-8-20(17-19)32-2/h3-5,7-10,17-18H,6,11-16H2,1-2H3,(H,26,30). The zero-order valence-corrected chi connectivity index (χ0v) is 18.7. The van der Waals surface area contributed by atoms with Gasteiger partial charge in [-0.15, -0.1) is 0 Å². The Bertz CT molecular complexity index is 1150. The molecular formula is C25H30N4O3. The molecule has 0 spiro atoms. The number of rotatable bonds is 7. The van der Waals surface area contributed by atoms with Gasteiger partial charge in [0.25, 0.3) is 11.5 Å². The van der Waals surface area contributed by atoms with Crippen molar-refractivity contribution in [2.45, 2.75) is 26.2 Å². The maximum absolute atomic E-state index is 13.1.